The molecule has 4 nitrogen and oxygen atoms in total. The Morgan fingerprint density at radius 2 is 1.83 bits per heavy atom. The molecule has 0 aliphatic carbocycles. The fourth-order valence-corrected chi connectivity index (χ4v) is 3.02. The molecule has 0 atom stereocenters. The van der Waals surface area contributed by atoms with E-state index in [0.29, 0.717) is 21.9 Å². The molecule has 0 radical (unpaired) electrons. The largest absolute Gasteiger partial charge is 0.345 e. The molecule has 0 amide bonds. The molecule has 0 unspecified atom stereocenters. The number of halogens is 2. The molecule has 1 N–H and O–H groups in total. The van der Waals surface area contributed by atoms with Crippen molar-refractivity contribution in [3.05, 3.63) is 65.6 Å². The minimum absolute atomic E-state index is 0.279. The Hall–Kier alpha value is -2.79. The molecule has 118 valence electrons. The van der Waals surface area contributed by atoms with Gasteiger partial charge >= 0.3 is 0 Å². The minimum Gasteiger partial charge on any atom is -0.345 e. The van der Waals surface area contributed by atoms with Crippen molar-refractivity contribution >= 4 is 22.6 Å². The number of aryl methyl sites for hydroxylation is 1. The second-order valence-corrected chi connectivity index (χ2v) is 5.84. The van der Waals surface area contributed by atoms with Crippen LogP contribution < -0.4 is 0 Å². The normalized spacial score (nSPS) is 11.1. The molecule has 4 rings (SSSR count). The standard InChI is InChI=1S/C18H12ClFN4/c1-10-6-21-9-15(24-10)14-8-23-18-16(17(14)19)13(7-22-18)11-2-4-12(20)5-3-11/h2-9H,1H3,(H,22,23). The number of nitrogens with zero attached hydrogens (tertiary/aromatic N) is 3. The number of nitrogens with one attached hydrogen (secondary N) is 1. The van der Waals surface area contributed by atoms with Gasteiger partial charge in [0, 0.05) is 35.1 Å². The summed E-state index contributed by atoms with van der Waals surface area (Å²) >= 11 is 6.65. The van der Waals surface area contributed by atoms with Crippen LogP contribution in [0.25, 0.3) is 33.4 Å². The summed E-state index contributed by atoms with van der Waals surface area (Å²) < 4.78 is 13.2. The Labute approximate surface area is 142 Å². The highest BCUT2D eigenvalue weighted by molar-refractivity contribution is 6.39. The maximum atomic E-state index is 13.2. The Bertz CT molecular complexity index is 1040. The Kier molecular flexibility index (Phi) is 3.50. The third-order valence-electron chi connectivity index (χ3n) is 3.82. The lowest BCUT2D eigenvalue weighted by Crippen LogP contribution is -1.91. The van der Waals surface area contributed by atoms with E-state index >= 15 is 0 Å². The monoisotopic (exact) mass is 338 g/mol. The smallest absolute Gasteiger partial charge is 0.139 e. The van der Waals surface area contributed by atoms with Gasteiger partial charge in [0.15, 0.2) is 0 Å². The summed E-state index contributed by atoms with van der Waals surface area (Å²) in [5.41, 5.74) is 4.58. The number of hydrogen-bond acceptors (Lipinski definition) is 3. The van der Waals surface area contributed by atoms with Gasteiger partial charge in [-0.05, 0) is 24.6 Å². The second-order valence-electron chi connectivity index (χ2n) is 5.46. The van der Waals surface area contributed by atoms with Gasteiger partial charge in [-0.3, -0.25) is 4.98 Å². The lowest BCUT2D eigenvalue weighted by Gasteiger charge is -2.07. The van der Waals surface area contributed by atoms with E-state index in [1.165, 1.54) is 12.1 Å². The Morgan fingerprint density at radius 1 is 1.04 bits per heavy atom. The number of pyridine rings is 1. The van der Waals surface area contributed by atoms with Crippen LogP contribution in [0.15, 0.2) is 49.1 Å². The zero-order valence-corrected chi connectivity index (χ0v) is 13.5. The van der Waals surface area contributed by atoms with Crippen LogP contribution in [-0.4, -0.2) is 19.9 Å². The van der Waals surface area contributed by atoms with Crippen molar-refractivity contribution in [1.29, 1.82) is 0 Å². The van der Waals surface area contributed by atoms with Crippen molar-refractivity contribution in [1.82, 2.24) is 19.9 Å². The molecular formula is C18H12ClFN4. The average Bonchev–Trinajstić information content (AvgIpc) is 3.01. The van der Waals surface area contributed by atoms with Gasteiger partial charge in [-0.25, -0.2) is 14.4 Å². The lowest BCUT2D eigenvalue weighted by molar-refractivity contribution is 0.628. The molecule has 0 bridgehead atoms. The van der Waals surface area contributed by atoms with E-state index in [9.17, 15) is 4.39 Å². The topological polar surface area (TPSA) is 54.5 Å². The van der Waals surface area contributed by atoms with Crippen molar-refractivity contribution < 1.29 is 4.39 Å². The maximum absolute atomic E-state index is 13.2. The van der Waals surface area contributed by atoms with Crippen LogP contribution >= 0.6 is 11.6 Å². The molecule has 3 aromatic heterocycles. The summed E-state index contributed by atoms with van der Waals surface area (Å²) in [6.45, 7) is 1.87. The van der Waals surface area contributed by atoms with Gasteiger partial charge in [0.1, 0.15) is 11.5 Å². The van der Waals surface area contributed by atoms with E-state index in [1.807, 2.05) is 13.1 Å². The van der Waals surface area contributed by atoms with E-state index in [1.54, 1.807) is 30.7 Å². The van der Waals surface area contributed by atoms with Crippen molar-refractivity contribution in [2.24, 2.45) is 0 Å². The SMILES string of the molecule is Cc1cncc(-c2cnc3[nH]cc(-c4ccc(F)cc4)c3c2Cl)n1. The van der Waals surface area contributed by atoms with Crippen molar-refractivity contribution in [2.45, 2.75) is 6.92 Å². The van der Waals surface area contributed by atoms with Gasteiger partial charge in [-0.2, -0.15) is 0 Å². The highest BCUT2D eigenvalue weighted by Crippen LogP contribution is 2.37. The van der Waals surface area contributed by atoms with Crippen LogP contribution in [0, 0.1) is 12.7 Å². The number of hydrogen-bond donors (Lipinski definition) is 1. The first-order valence-corrected chi connectivity index (χ1v) is 7.72. The first-order valence-electron chi connectivity index (χ1n) is 7.34. The summed E-state index contributed by atoms with van der Waals surface area (Å²) in [5.74, 6) is -0.279. The second kappa shape index (κ2) is 5.69. The van der Waals surface area contributed by atoms with Crippen LogP contribution in [-0.2, 0) is 0 Å². The van der Waals surface area contributed by atoms with E-state index in [4.69, 9.17) is 11.6 Å². The molecule has 0 fully saturated rings. The van der Waals surface area contributed by atoms with Gasteiger partial charge in [0.05, 0.1) is 22.6 Å². The van der Waals surface area contributed by atoms with Crippen LogP contribution in [0.1, 0.15) is 5.69 Å². The fourth-order valence-electron chi connectivity index (χ4n) is 2.69. The van der Waals surface area contributed by atoms with Gasteiger partial charge < -0.3 is 4.98 Å². The van der Waals surface area contributed by atoms with Gasteiger partial charge in [0.25, 0.3) is 0 Å². The number of aromatic amines is 1. The first-order chi connectivity index (χ1) is 11.6. The summed E-state index contributed by atoms with van der Waals surface area (Å²) in [7, 11) is 0. The lowest BCUT2D eigenvalue weighted by atomic mass is 10.0. The Morgan fingerprint density at radius 3 is 2.58 bits per heavy atom. The number of benzene rings is 1. The first kappa shape index (κ1) is 14.8. The quantitative estimate of drug-likeness (QED) is 0.572. The summed E-state index contributed by atoms with van der Waals surface area (Å²) in [6.07, 6.45) is 6.84. The van der Waals surface area contributed by atoms with Crippen LogP contribution in [0.5, 0.6) is 0 Å². The molecule has 0 saturated carbocycles. The Balaban J connectivity index is 1.95. The van der Waals surface area contributed by atoms with Crippen molar-refractivity contribution in [2.75, 3.05) is 0 Å². The third kappa shape index (κ3) is 2.43. The molecule has 0 spiro atoms. The van der Waals surface area contributed by atoms with Crippen LogP contribution in [0.2, 0.25) is 5.02 Å². The number of fused-ring (bicyclic) bond motifs is 1. The number of H-pyrrole nitrogens is 1. The van der Waals surface area contributed by atoms with Crippen molar-refractivity contribution in [3.8, 4) is 22.4 Å². The molecule has 6 heteroatoms. The number of aromatic nitrogens is 4. The van der Waals surface area contributed by atoms with E-state index < -0.39 is 0 Å². The van der Waals surface area contributed by atoms with Gasteiger partial charge in [-0.1, -0.05) is 23.7 Å². The molecule has 3 heterocycles. The molecule has 0 aliphatic heterocycles. The average molecular weight is 339 g/mol. The van der Waals surface area contributed by atoms with E-state index in [2.05, 4.69) is 19.9 Å². The fraction of sp³-hybridized carbons (Fsp3) is 0.0556. The summed E-state index contributed by atoms with van der Waals surface area (Å²) in [4.78, 5) is 16.2. The number of rotatable bonds is 2. The molecular weight excluding hydrogens is 327 g/mol. The van der Waals surface area contributed by atoms with Crippen LogP contribution in [0.4, 0.5) is 4.39 Å². The summed E-state index contributed by atoms with van der Waals surface area (Å²) in [6, 6.07) is 6.28. The molecule has 1 aromatic carbocycles. The minimum atomic E-state index is -0.279. The molecule has 4 aromatic rings. The third-order valence-corrected chi connectivity index (χ3v) is 4.22. The highest BCUT2D eigenvalue weighted by atomic mass is 35.5. The van der Waals surface area contributed by atoms with Gasteiger partial charge in [-0.15, -0.1) is 0 Å². The zero-order valence-electron chi connectivity index (χ0n) is 12.7. The molecule has 24 heavy (non-hydrogen) atoms. The molecule has 0 saturated heterocycles. The molecule has 0 aliphatic rings. The predicted molar refractivity (Wildman–Crippen MR) is 92.3 cm³/mol. The van der Waals surface area contributed by atoms with Gasteiger partial charge in [0.2, 0.25) is 0 Å². The van der Waals surface area contributed by atoms with E-state index in [0.717, 1.165) is 22.2 Å². The zero-order chi connectivity index (χ0) is 16.7. The van der Waals surface area contributed by atoms with Crippen molar-refractivity contribution in [3.63, 3.8) is 0 Å². The van der Waals surface area contributed by atoms with E-state index in [-0.39, 0.29) is 5.82 Å². The summed E-state index contributed by atoms with van der Waals surface area (Å²) in [5, 5.41) is 1.32. The predicted octanol–water partition coefficient (Wildman–Crippen LogP) is 4.79. The maximum Gasteiger partial charge on any atom is 0.139 e. The van der Waals surface area contributed by atoms with Crippen LogP contribution in [0.3, 0.4) is 0 Å². The highest BCUT2D eigenvalue weighted by Gasteiger charge is 2.16.